The van der Waals surface area contributed by atoms with E-state index in [1.807, 2.05) is 0 Å². The van der Waals surface area contributed by atoms with E-state index in [0.717, 1.165) is 25.2 Å². The first-order valence-corrected chi connectivity index (χ1v) is 8.16. The topological polar surface area (TPSA) is 96.2 Å². The molecule has 0 radical (unpaired) electrons. The molecule has 0 aliphatic carbocycles. The van der Waals surface area contributed by atoms with Crippen LogP contribution in [0.25, 0.3) is 0 Å². The average Bonchev–Trinajstić information content (AvgIpc) is 2.45. The minimum absolute atomic E-state index is 0.386. The second kappa shape index (κ2) is 9.57. The summed E-state index contributed by atoms with van der Waals surface area (Å²) >= 11 is 0. The molecule has 22 heavy (non-hydrogen) atoms. The highest BCUT2D eigenvalue weighted by Crippen LogP contribution is 2.23. The van der Waals surface area contributed by atoms with Crippen molar-refractivity contribution in [3.63, 3.8) is 0 Å². The maximum absolute atomic E-state index is 11.4. The lowest BCUT2D eigenvalue weighted by Crippen LogP contribution is -2.60. The van der Waals surface area contributed by atoms with Crippen LogP contribution in [0.5, 0.6) is 0 Å². The Kier molecular flexibility index (Phi) is 8.49. The molecular weight excluding hydrogens is 288 g/mol. The van der Waals surface area contributed by atoms with Crippen LogP contribution in [0, 0.1) is 5.92 Å². The molecule has 5 unspecified atom stereocenters. The number of aliphatic hydroxyl groups is 3. The van der Waals surface area contributed by atoms with Gasteiger partial charge in [-0.2, -0.15) is 0 Å². The van der Waals surface area contributed by atoms with Crippen molar-refractivity contribution < 1.29 is 29.6 Å². The van der Waals surface area contributed by atoms with Gasteiger partial charge < -0.3 is 24.8 Å². The molecule has 0 aromatic carbocycles. The molecule has 1 rings (SSSR count). The predicted molar refractivity (Wildman–Crippen MR) is 81.2 cm³/mol. The van der Waals surface area contributed by atoms with E-state index in [9.17, 15) is 20.1 Å². The highest BCUT2D eigenvalue weighted by atomic mass is 16.7. The smallest absolute Gasteiger partial charge is 0.187 e. The van der Waals surface area contributed by atoms with Gasteiger partial charge in [0.2, 0.25) is 0 Å². The van der Waals surface area contributed by atoms with E-state index in [1.54, 1.807) is 0 Å². The molecule has 3 N–H and O–H groups in total. The molecule has 0 bridgehead atoms. The number of carbonyl (C=O) groups is 1. The molecule has 1 fully saturated rings. The zero-order valence-electron chi connectivity index (χ0n) is 13.8. The van der Waals surface area contributed by atoms with Gasteiger partial charge in [0.25, 0.3) is 0 Å². The first-order valence-electron chi connectivity index (χ1n) is 8.16. The van der Waals surface area contributed by atoms with Gasteiger partial charge in [0.05, 0.1) is 0 Å². The van der Waals surface area contributed by atoms with Crippen LogP contribution in [-0.2, 0) is 14.3 Å². The largest absolute Gasteiger partial charge is 0.387 e. The Bertz CT molecular complexity index is 333. The maximum atomic E-state index is 11.4. The van der Waals surface area contributed by atoms with E-state index in [1.165, 1.54) is 19.8 Å². The van der Waals surface area contributed by atoms with Crippen LogP contribution >= 0.6 is 0 Å². The number of hydrogen-bond acceptors (Lipinski definition) is 6. The van der Waals surface area contributed by atoms with Crippen molar-refractivity contribution in [2.45, 2.75) is 83.6 Å². The molecule has 0 amide bonds. The zero-order chi connectivity index (χ0) is 16.7. The van der Waals surface area contributed by atoms with Crippen LogP contribution in [0.4, 0.5) is 0 Å². The Labute approximate surface area is 132 Å². The quantitative estimate of drug-likeness (QED) is 0.549. The van der Waals surface area contributed by atoms with Gasteiger partial charge in [0, 0.05) is 6.61 Å². The lowest BCUT2D eigenvalue weighted by atomic mass is 9.97. The average molecular weight is 318 g/mol. The fraction of sp³-hybridized carbons (Fsp3) is 0.938. The van der Waals surface area contributed by atoms with Crippen molar-refractivity contribution in [1.82, 2.24) is 0 Å². The minimum atomic E-state index is -1.45. The Balaban J connectivity index is 2.28. The van der Waals surface area contributed by atoms with E-state index in [0.29, 0.717) is 6.61 Å². The van der Waals surface area contributed by atoms with E-state index in [4.69, 9.17) is 9.47 Å². The number of rotatable bonds is 9. The summed E-state index contributed by atoms with van der Waals surface area (Å²) < 4.78 is 10.7. The molecule has 1 aliphatic rings. The van der Waals surface area contributed by atoms with Crippen LogP contribution in [0.1, 0.15) is 52.9 Å². The van der Waals surface area contributed by atoms with Crippen molar-refractivity contribution >= 4 is 5.78 Å². The van der Waals surface area contributed by atoms with Gasteiger partial charge in [0.1, 0.15) is 24.4 Å². The van der Waals surface area contributed by atoms with E-state index < -0.39 is 36.5 Å². The third kappa shape index (κ3) is 5.93. The molecule has 1 aliphatic heterocycles. The zero-order valence-corrected chi connectivity index (χ0v) is 13.8. The van der Waals surface area contributed by atoms with Crippen molar-refractivity contribution in [3.8, 4) is 0 Å². The Morgan fingerprint density at radius 3 is 2.27 bits per heavy atom. The summed E-state index contributed by atoms with van der Waals surface area (Å²) in [5.74, 6) is 0.319. The first-order chi connectivity index (χ1) is 10.3. The SMILES string of the molecule is CC(=O)C1OC(OCCCCCCC(C)C)C(O)C(O)C1O. The van der Waals surface area contributed by atoms with Crippen molar-refractivity contribution in [1.29, 1.82) is 0 Å². The summed E-state index contributed by atoms with van der Waals surface area (Å²) in [5, 5.41) is 29.3. The number of aliphatic hydroxyl groups excluding tert-OH is 3. The van der Waals surface area contributed by atoms with Gasteiger partial charge in [-0.05, 0) is 19.3 Å². The predicted octanol–water partition coefficient (Wildman–Crippen LogP) is 1.01. The van der Waals surface area contributed by atoms with Crippen LogP contribution in [0.2, 0.25) is 0 Å². The first kappa shape index (κ1) is 19.5. The molecule has 130 valence electrons. The second-order valence-corrected chi connectivity index (χ2v) is 6.48. The maximum Gasteiger partial charge on any atom is 0.187 e. The highest BCUT2D eigenvalue weighted by Gasteiger charge is 2.45. The van der Waals surface area contributed by atoms with Crippen molar-refractivity contribution in [2.75, 3.05) is 6.61 Å². The third-order valence-electron chi connectivity index (χ3n) is 3.93. The Morgan fingerprint density at radius 1 is 1.05 bits per heavy atom. The van der Waals surface area contributed by atoms with Crippen LogP contribution in [-0.4, -0.2) is 58.4 Å². The lowest BCUT2D eigenvalue weighted by molar-refractivity contribution is -0.290. The van der Waals surface area contributed by atoms with Crippen molar-refractivity contribution in [2.24, 2.45) is 5.92 Å². The fourth-order valence-corrected chi connectivity index (χ4v) is 2.53. The second-order valence-electron chi connectivity index (χ2n) is 6.48. The van der Waals surface area contributed by atoms with Crippen LogP contribution in [0.3, 0.4) is 0 Å². The number of unbranched alkanes of at least 4 members (excludes halogenated alkanes) is 3. The van der Waals surface area contributed by atoms with Gasteiger partial charge in [0.15, 0.2) is 12.1 Å². The summed E-state index contributed by atoms with van der Waals surface area (Å²) in [4.78, 5) is 11.4. The monoisotopic (exact) mass is 318 g/mol. The molecule has 1 heterocycles. The van der Waals surface area contributed by atoms with Gasteiger partial charge >= 0.3 is 0 Å². The third-order valence-corrected chi connectivity index (χ3v) is 3.93. The number of Topliss-reactive ketones (excluding diaryl/α,β-unsaturated/α-hetero) is 1. The Hall–Kier alpha value is -0.530. The van der Waals surface area contributed by atoms with Crippen molar-refractivity contribution in [3.05, 3.63) is 0 Å². The molecule has 6 nitrogen and oxygen atoms in total. The number of ketones is 1. The summed E-state index contributed by atoms with van der Waals surface area (Å²) in [5.41, 5.74) is 0. The molecule has 5 atom stereocenters. The van der Waals surface area contributed by atoms with Gasteiger partial charge in [-0.1, -0.05) is 39.5 Å². The van der Waals surface area contributed by atoms with Gasteiger partial charge in [-0.25, -0.2) is 0 Å². The van der Waals surface area contributed by atoms with Gasteiger partial charge in [-0.3, -0.25) is 4.79 Å². The molecule has 1 saturated heterocycles. The summed E-state index contributed by atoms with van der Waals surface area (Å²) in [6, 6.07) is 0. The molecule has 0 spiro atoms. The standard InChI is InChI=1S/C16H30O6/c1-10(2)8-6-4-5-7-9-21-16-14(20)12(18)13(19)15(22-16)11(3)17/h10,12-16,18-20H,4-9H2,1-3H3. The summed E-state index contributed by atoms with van der Waals surface area (Å²) in [6.45, 7) is 6.06. The minimum Gasteiger partial charge on any atom is -0.387 e. The number of carbonyl (C=O) groups excluding carboxylic acids is 1. The number of hydrogen-bond donors (Lipinski definition) is 3. The molecule has 0 aromatic rings. The van der Waals surface area contributed by atoms with Crippen LogP contribution in [0.15, 0.2) is 0 Å². The number of ether oxygens (including phenoxy) is 2. The molecule has 6 heteroatoms. The van der Waals surface area contributed by atoms with E-state index >= 15 is 0 Å². The molecule has 0 saturated carbocycles. The Morgan fingerprint density at radius 2 is 1.68 bits per heavy atom. The fourth-order valence-electron chi connectivity index (χ4n) is 2.53. The lowest BCUT2D eigenvalue weighted by Gasteiger charge is -2.39. The summed E-state index contributed by atoms with van der Waals surface area (Å²) in [7, 11) is 0. The van der Waals surface area contributed by atoms with E-state index in [-0.39, 0.29) is 0 Å². The molecular formula is C16H30O6. The van der Waals surface area contributed by atoms with E-state index in [2.05, 4.69) is 13.8 Å². The highest BCUT2D eigenvalue weighted by molar-refractivity contribution is 5.81. The van der Waals surface area contributed by atoms with Crippen LogP contribution < -0.4 is 0 Å². The normalized spacial score (nSPS) is 32.4. The summed E-state index contributed by atoms with van der Waals surface area (Å²) in [6.07, 6.45) is -1.07. The molecule has 0 aromatic heterocycles. The van der Waals surface area contributed by atoms with Gasteiger partial charge in [-0.15, -0.1) is 0 Å².